The molecule has 2 fully saturated rings. The van der Waals surface area contributed by atoms with Crippen molar-refractivity contribution in [3.8, 4) is 5.75 Å². The van der Waals surface area contributed by atoms with Gasteiger partial charge in [0, 0.05) is 36.2 Å². The van der Waals surface area contributed by atoms with Crippen LogP contribution in [0.2, 0.25) is 0 Å². The molecule has 2 aromatic rings. The molecule has 0 saturated carbocycles. The number of ketones is 1. The fourth-order valence-electron chi connectivity index (χ4n) is 4.48. The van der Waals surface area contributed by atoms with Crippen molar-refractivity contribution in [2.75, 3.05) is 46.0 Å². The van der Waals surface area contributed by atoms with Gasteiger partial charge in [0.15, 0.2) is 0 Å². The molecule has 4 rings (SSSR count). The summed E-state index contributed by atoms with van der Waals surface area (Å²) in [7, 11) is 0. The Bertz CT molecular complexity index is 1090. The fraction of sp³-hybridized carbons (Fsp3) is 0.385. The summed E-state index contributed by atoms with van der Waals surface area (Å²) in [4.78, 5) is 30.2. The number of morpholine rings is 1. The van der Waals surface area contributed by atoms with Gasteiger partial charge in [0.05, 0.1) is 31.4 Å². The van der Waals surface area contributed by atoms with Crippen molar-refractivity contribution in [1.82, 2.24) is 9.80 Å². The summed E-state index contributed by atoms with van der Waals surface area (Å²) in [5.41, 5.74) is 2.16. The van der Waals surface area contributed by atoms with E-state index in [2.05, 4.69) is 20.8 Å². The van der Waals surface area contributed by atoms with E-state index >= 15 is 0 Å². The Morgan fingerprint density at radius 2 is 1.82 bits per heavy atom. The first-order chi connectivity index (χ1) is 16.4. The molecule has 1 unspecified atom stereocenters. The number of rotatable bonds is 7. The Balaban J connectivity index is 1.74. The standard InChI is InChI=1S/C26H29BrN2O5/c1-3-34-20-8-9-21(17(2)16-20)24(30)22-23(18-4-6-19(27)7-5-18)29(26(32)25(22)31)11-10-28-12-14-33-15-13-28/h4-9,16,23,30H,3,10-15H2,1-2H3/b24-22-. The Kier molecular flexibility index (Phi) is 7.70. The summed E-state index contributed by atoms with van der Waals surface area (Å²) in [6.07, 6.45) is 0. The Hall–Kier alpha value is -2.68. The minimum Gasteiger partial charge on any atom is -0.507 e. The van der Waals surface area contributed by atoms with Gasteiger partial charge in [-0.3, -0.25) is 14.5 Å². The van der Waals surface area contributed by atoms with Crippen molar-refractivity contribution in [3.05, 3.63) is 69.2 Å². The largest absolute Gasteiger partial charge is 0.507 e. The summed E-state index contributed by atoms with van der Waals surface area (Å²) in [6, 6.07) is 12.1. The lowest BCUT2D eigenvalue weighted by Crippen LogP contribution is -2.42. The topological polar surface area (TPSA) is 79.3 Å². The monoisotopic (exact) mass is 528 g/mol. The van der Waals surface area contributed by atoms with Crippen LogP contribution in [0.3, 0.4) is 0 Å². The van der Waals surface area contributed by atoms with Crippen molar-refractivity contribution in [1.29, 1.82) is 0 Å². The molecule has 2 aliphatic rings. The minimum absolute atomic E-state index is 0.113. The number of benzene rings is 2. The molecular weight excluding hydrogens is 500 g/mol. The zero-order chi connectivity index (χ0) is 24.2. The van der Waals surface area contributed by atoms with E-state index in [1.165, 1.54) is 0 Å². The number of amides is 1. The van der Waals surface area contributed by atoms with Crippen LogP contribution >= 0.6 is 15.9 Å². The number of carbonyl (C=O) groups is 2. The number of halogens is 1. The van der Waals surface area contributed by atoms with Crippen LogP contribution in [0.25, 0.3) is 5.76 Å². The number of hydrogen-bond donors (Lipinski definition) is 1. The van der Waals surface area contributed by atoms with E-state index in [4.69, 9.17) is 9.47 Å². The Morgan fingerprint density at radius 1 is 1.12 bits per heavy atom. The number of nitrogens with zero attached hydrogens (tertiary/aromatic N) is 2. The summed E-state index contributed by atoms with van der Waals surface area (Å²) in [5, 5.41) is 11.3. The number of ether oxygens (including phenoxy) is 2. The van der Waals surface area contributed by atoms with Gasteiger partial charge in [-0.15, -0.1) is 0 Å². The van der Waals surface area contributed by atoms with Gasteiger partial charge in [0.2, 0.25) is 0 Å². The third-order valence-corrected chi connectivity index (χ3v) is 6.78. The molecular formula is C26H29BrN2O5. The van der Waals surface area contributed by atoms with Crippen molar-refractivity contribution in [2.45, 2.75) is 19.9 Å². The van der Waals surface area contributed by atoms with Gasteiger partial charge in [0.25, 0.3) is 11.7 Å². The number of Topliss-reactive ketones (excluding diaryl/α,β-unsaturated/α-hetero) is 1. The van der Waals surface area contributed by atoms with Gasteiger partial charge in [-0.05, 0) is 55.3 Å². The average molecular weight is 529 g/mol. The van der Waals surface area contributed by atoms with Crippen LogP contribution < -0.4 is 4.74 Å². The van der Waals surface area contributed by atoms with Gasteiger partial charge >= 0.3 is 0 Å². The number of aliphatic hydroxyl groups is 1. The number of likely N-dealkylation sites (tertiary alicyclic amines) is 1. The van der Waals surface area contributed by atoms with E-state index in [9.17, 15) is 14.7 Å². The molecule has 180 valence electrons. The summed E-state index contributed by atoms with van der Waals surface area (Å²) >= 11 is 3.45. The number of hydrogen-bond acceptors (Lipinski definition) is 6. The van der Waals surface area contributed by atoms with Crippen molar-refractivity contribution in [2.24, 2.45) is 0 Å². The Morgan fingerprint density at radius 3 is 2.47 bits per heavy atom. The van der Waals surface area contributed by atoms with E-state index < -0.39 is 17.7 Å². The third-order valence-electron chi connectivity index (χ3n) is 6.25. The summed E-state index contributed by atoms with van der Waals surface area (Å²) in [6.45, 7) is 8.19. The molecule has 1 atom stereocenters. The van der Waals surface area contributed by atoms with Gasteiger partial charge in [0.1, 0.15) is 11.5 Å². The molecule has 2 heterocycles. The van der Waals surface area contributed by atoms with Crippen molar-refractivity contribution in [3.63, 3.8) is 0 Å². The molecule has 1 N–H and O–H groups in total. The van der Waals surface area contributed by atoms with Gasteiger partial charge in [-0.2, -0.15) is 0 Å². The summed E-state index contributed by atoms with van der Waals surface area (Å²) in [5.74, 6) is -0.736. The van der Waals surface area contributed by atoms with Gasteiger partial charge < -0.3 is 19.5 Å². The quantitative estimate of drug-likeness (QED) is 0.333. The first-order valence-corrected chi connectivity index (χ1v) is 12.3. The lowest BCUT2D eigenvalue weighted by molar-refractivity contribution is -0.140. The highest BCUT2D eigenvalue weighted by atomic mass is 79.9. The lowest BCUT2D eigenvalue weighted by atomic mass is 9.94. The molecule has 0 aromatic heterocycles. The number of carbonyl (C=O) groups excluding carboxylic acids is 2. The van der Waals surface area contributed by atoms with Crippen molar-refractivity contribution < 1.29 is 24.2 Å². The summed E-state index contributed by atoms with van der Waals surface area (Å²) < 4.78 is 11.9. The minimum atomic E-state index is -0.667. The van der Waals surface area contributed by atoms with Crippen LogP contribution in [0.15, 0.2) is 52.5 Å². The van der Waals surface area contributed by atoms with Crippen molar-refractivity contribution >= 4 is 33.4 Å². The molecule has 2 aromatic carbocycles. The zero-order valence-electron chi connectivity index (χ0n) is 19.4. The maximum absolute atomic E-state index is 13.2. The SMILES string of the molecule is CCOc1ccc(/C(O)=C2/C(=O)C(=O)N(CCN3CCOCC3)C2c2ccc(Br)cc2)c(C)c1. The molecule has 7 nitrogen and oxygen atoms in total. The number of aryl methyl sites for hydroxylation is 1. The average Bonchev–Trinajstić information content (AvgIpc) is 3.08. The first-order valence-electron chi connectivity index (χ1n) is 11.5. The third kappa shape index (κ3) is 5.04. The van der Waals surface area contributed by atoms with Crippen LogP contribution in [0.1, 0.15) is 29.7 Å². The molecule has 2 aliphatic heterocycles. The fourth-order valence-corrected chi connectivity index (χ4v) is 4.74. The highest BCUT2D eigenvalue weighted by Gasteiger charge is 2.46. The van der Waals surface area contributed by atoms with E-state index in [0.717, 1.165) is 28.7 Å². The second kappa shape index (κ2) is 10.7. The predicted molar refractivity (Wildman–Crippen MR) is 133 cm³/mol. The van der Waals surface area contributed by atoms with E-state index in [-0.39, 0.29) is 11.3 Å². The molecule has 0 radical (unpaired) electrons. The maximum atomic E-state index is 13.2. The van der Waals surface area contributed by atoms with Crippen LogP contribution in [0.5, 0.6) is 5.75 Å². The lowest BCUT2D eigenvalue weighted by Gasteiger charge is -2.31. The van der Waals surface area contributed by atoms with Crippen LogP contribution in [-0.2, 0) is 14.3 Å². The molecule has 1 amide bonds. The molecule has 34 heavy (non-hydrogen) atoms. The normalized spacial score (nSPS) is 20.7. The predicted octanol–water partition coefficient (Wildman–Crippen LogP) is 3.91. The molecule has 0 aliphatic carbocycles. The highest BCUT2D eigenvalue weighted by molar-refractivity contribution is 9.10. The maximum Gasteiger partial charge on any atom is 0.295 e. The van der Waals surface area contributed by atoms with E-state index in [1.807, 2.05) is 44.2 Å². The number of aliphatic hydroxyl groups excluding tert-OH is 1. The smallest absolute Gasteiger partial charge is 0.295 e. The second-order valence-electron chi connectivity index (χ2n) is 8.41. The van der Waals surface area contributed by atoms with Crippen LogP contribution in [0, 0.1) is 6.92 Å². The van der Waals surface area contributed by atoms with Gasteiger partial charge in [-0.25, -0.2) is 0 Å². The van der Waals surface area contributed by atoms with Crippen LogP contribution in [0.4, 0.5) is 0 Å². The molecule has 0 spiro atoms. The highest BCUT2D eigenvalue weighted by Crippen LogP contribution is 2.40. The Labute approximate surface area is 208 Å². The zero-order valence-corrected chi connectivity index (χ0v) is 21.0. The first kappa shape index (κ1) is 24.4. The second-order valence-corrected chi connectivity index (χ2v) is 9.32. The van der Waals surface area contributed by atoms with E-state index in [1.54, 1.807) is 17.0 Å². The molecule has 8 heteroatoms. The van der Waals surface area contributed by atoms with Crippen LogP contribution in [-0.4, -0.2) is 72.6 Å². The molecule has 0 bridgehead atoms. The van der Waals surface area contributed by atoms with E-state index in [0.29, 0.717) is 44.2 Å². The molecule has 2 saturated heterocycles. The van der Waals surface area contributed by atoms with Gasteiger partial charge in [-0.1, -0.05) is 28.1 Å².